The van der Waals surface area contributed by atoms with Crippen molar-refractivity contribution >= 4 is 0 Å². The van der Waals surface area contributed by atoms with E-state index in [4.69, 9.17) is 0 Å². The summed E-state index contributed by atoms with van der Waals surface area (Å²) < 4.78 is 0. The third-order valence-corrected chi connectivity index (χ3v) is 4.80. The van der Waals surface area contributed by atoms with Crippen molar-refractivity contribution in [2.45, 2.75) is 34.1 Å². The summed E-state index contributed by atoms with van der Waals surface area (Å²) in [5, 5.41) is 0. The molecule has 0 unspecified atom stereocenters. The van der Waals surface area contributed by atoms with Crippen molar-refractivity contribution < 1.29 is 0 Å². The highest BCUT2D eigenvalue weighted by molar-refractivity contribution is 5.23. The maximum Gasteiger partial charge on any atom is -0.0146 e. The minimum absolute atomic E-state index is 0.559. The van der Waals surface area contributed by atoms with Crippen LogP contribution in [0.4, 0.5) is 0 Å². The van der Waals surface area contributed by atoms with Crippen LogP contribution in [0.1, 0.15) is 34.1 Å². The number of rotatable bonds is 0. The lowest BCUT2D eigenvalue weighted by Gasteiger charge is -2.62. The zero-order chi connectivity index (χ0) is 9.09. The number of allylic oxidation sites excluding steroid dienone is 1. The van der Waals surface area contributed by atoms with Crippen molar-refractivity contribution in [3.05, 3.63) is 12.2 Å². The molecule has 0 heterocycles. The minimum atomic E-state index is 0.559. The van der Waals surface area contributed by atoms with Crippen molar-refractivity contribution in [1.82, 2.24) is 0 Å². The molecule has 0 saturated heterocycles. The molecule has 3 aliphatic rings. The topological polar surface area (TPSA) is 0 Å². The molecule has 0 N–H and O–H groups in total. The normalized spacial score (nSPS) is 50.2. The lowest BCUT2D eigenvalue weighted by atomic mass is 9.42. The van der Waals surface area contributed by atoms with Crippen molar-refractivity contribution in [3.8, 4) is 0 Å². The van der Waals surface area contributed by atoms with Gasteiger partial charge < -0.3 is 0 Å². The van der Waals surface area contributed by atoms with Crippen LogP contribution < -0.4 is 0 Å². The van der Waals surface area contributed by atoms with E-state index in [1.165, 1.54) is 12.0 Å². The van der Waals surface area contributed by atoms with Crippen LogP contribution in [0.3, 0.4) is 0 Å². The SMILES string of the molecule is C=C1[C@H]2C[C@@H]([C@H](C)[C@H]1C)C2(C)C. The van der Waals surface area contributed by atoms with Gasteiger partial charge in [-0.1, -0.05) is 39.8 Å². The molecule has 0 nitrogen and oxygen atoms in total. The highest BCUT2D eigenvalue weighted by Crippen LogP contribution is 2.64. The predicted octanol–water partition coefficient (Wildman–Crippen LogP) is 3.49. The van der Waals surface area contributed by atoms with Gasteiger partial charge in [0.2, 0.25) is 0 Å². The van der Waals surface area contributed by atoms with Crippen molar-refractivity contribution in [2.24, 2.45) is 29.1 Å². The number of hydrogen-bond donors (Lipinski definition) is 0. The quantitative estimate of drug-likeness (QED) is 0.481. The summed E-state index contributed by atoms with van der Waals surface area (Å²) in [5.74, 6) is 3.41. The van der Waals surface area contributed by atoms with Gasteiger partial charge in [0.05, 0.1) is 0 Å². The summed E-state index contributed by atoms with van der Waals surface area (Å²) in [5.41, 5.74) is 2.08. The van der Waals surface area contributed by atoms with Crippen LogP contribution in [-0.4, -0.2) is 0 Å². The molecule has 68 valence electrons. The Bertz CT molecular complexity index is 224. The Hall–Kier alpha value is -0.260. The molecule has 2 bridgehead atoms. The second kappa shape index (κ2) is 2.16. The largest absolute Gasteiger partial charge is 0.0993 e. The fourth-order valence-corrected chi connectivity index (χ4v) is 3.48. The van der Waals surface area contributed by atoms with Gasteiger partial charge in [0.15, 0.2) is 0 Å². The van der Waals surface area contributed by atoms with E-state index in [9.17, 15) is 0 Å². The highest BCUT2D eigenvalue weighted by atomic mass is 14.6. The maximum absolute atomic E-state index is 4.26. The molecule has 3 saturated carbocycles. The summed E-state index contributed by atoms with van der Waals surface area (Å²) in [6.07, 6.45) is 1.41. The Morgan fingerprint density at radius 1 is 1.33 bits per heavy atom. The van der Waals surface area contributed by atoms with Crippen molar-refractivity contribution in [1.29, 1.82) is 0 Å². The molecule has 0 aliphatic heterocycles. The smallest absolute Gasteiger partial charge is 0.0146 e. The van der Waals surface area contributed by atoms with Crippen LogP contribution in [0.5, 0.6) is 0 Å². The van der Waals surface area contributed by atoms with Crippen LogP contribution in [0, 0.1) is 29.1 Å². The average molecular weight is 164 g/mol. The zero-order valence-electron chi connectivity index (χ0n) is 8.72. The molecule has 3 aliphatic carbocycles. The second-order valence-electron chi connectivity index (χ2n) is 5.44. The van der Waals surface area contributed by atoms with Gasteiger partial charge in [0, 0.05) is 0 Å². The number of fused-ring (bicyclic) bond motifs is 2. The molecular weight excluding hydrogens is 144 g/mol. The fraction of sp³-hybridized carbons (Fsp3) is 0.833. The van der Waals surface area contributed by atoms with Gasteiger partial charge in [-0.2, -0.15) is 0 Å². The number of hydrogen-bond acceptors (Lipinski definition) is 0. The van der Waals surface area contributed by atoms with Crippen LogP contribution in [0.15, 0.2) is 12.2 Å². The zero-order valence-corrected chi connectivity index (χ0v) is 8.72. The van der Waals surface area contributed by atoms with E-state index in [1.54, 1.807) is 0 Å². The third kappa shape index (κ3) is 0.739. The molecule has 0 heteroatoms. The molecular formula is C12H20. The lowest BCUT2D eigenvalue weighted by molar-refractivity contribution is -0.0828. The maximum atomic E-state index is 4.26. The summed E-state index contributed by atoms with van der Waals surface area (Å²) >= 11 is 0. The summed E-state index contributed by atoms with van der Waals surface area (Å²) in [7, 11) is 0. The second-order valence-corrected chi connectivity index (χ2v) is 5.44. The van der Waals surface area contributed by atoms with E-state index < -0.39 is 0 Å². The summed E-state index contributed by atoms with van der Waals surface area (Å²) in [4.78, 5) is 0. The fourth-order valence-electron chi connectivity index (χ4n) is 3.48. The highest BCUT2D eigenvalue weighted by Gasteiger charge is 2.56. The Labute approximate surface area is 76.1 Å². The van der Waals surface area contributed by atoms with E-state index in [0.29, 0.717) is 5.41 Å². The molecule has 3 fully saturated rings. The van der Waals surface area contributed by atoms with Crippen LogP contribution in [-0.2, 0) is 0 Å². The van der Waals surface area contributed by atoms with Gasteiger partial charge in [-0.15, -0.1) is 0 Å². The molecule has 0 spiro atoms. The molecule has 0 radical (unpaired) electrons. The van der Waals surface area contributed by atoms with Crippen LogP contribution in [0.2, 0.25) is 0 Å². The van der Waals surface area contributed by atoms with E-state index in [2.05, 4.69) is 34.3 Å². The van der Waals surface area contributed by atoms with Gasteiger partial charge in [0.1, 0.15) is 0 Å². The van der Waals surface area contributed by atoms with Gasteiger partial charge in [-0.25, -0.2) is 0 Å². The average Bonchev–Trinajstić information content (AvgIpc) is 1.98. The Balaban J connectivity index is 2.30. The van der Waals surface area contributed by atoms with Crippen LogP contribution in [0.25, 0.3) is 0 Å². The molecule has 0 amide bonds. The molecule has 4 atom stereocenters. The van der Waals surface area contributed by atoms with Crippen LogP contribution >= 0.6 is 0 Å². The first-order valence-electron chi connectivity index (χ1n) is 5.15. The van der Waals surface area contributed by atoms with Gasteiger partial charge >= 0.3 is 0 Å². The molecule has 0 aromatic heterocycles. The predicted molar refractivity (Wildman–Crippen MR) is 52.8 cm³/mol. The summed E-state index contributed by atoms with van der Waals surface area (Å²) in [6, 6.07) is 0. The summed E-state index contributed by atoms with van der Waals surface area (Å²) in [6.45, 7) is 13.8. The van der Waals surface area contributed by atoms with E-state index in [-0.39, 0.29) is 0 Å². The van der Waals surface area contributed by atoms with E-state index in [1.807, 2.05) is 0 Å². The molecule has 0 aromatic carbocycles. The van der Waals surface area contributed by atoms with Crippen molar-refractivity contribution in [3.63, 3.8) is 0 Å². The van der Waals surface area contributed by atoms with Gasteiger partial charge in [0.25, 0.3) is 0 Å². The first-order chi connectivity index (χ1) is 5.46. The standard InChI is InChI=1S/C12H20/c1-7-8(2)10-6-11(9(7)3)12(10,4)5/h7,9-11H,2,6H2,1,3-5H3/t7-,9+,10+,11-/m0/s1. The van der Waals surface area contributed by atoms with Gasteiger partial charge in [-0.05, 0) is 35.5 Å². The molecule has 12 heavy (non-hydrogen) atoms. The van der Waals surface area contributed by atoms with Crippen molar-refractivity contribution in [2.75, 3.05) is 0 Å². The minimum Gasteiger partial charge on any atom is -0.0993 e. The third-order valence-electron chi connectivity index (χ3n) is 4.80. The van der Waals surface area contributed by atoms with Gasteiger partial charge in [-0.3, -0.25) is 0 Å². The first kappa shape index (κ1) is 8.34. The Morgan fingerprint density at radius 2 is 1.92 bits per heavy atom. The Morgan fingerprint density at radius 3 is 2.33 bits per heavy atom. The first-order valence-corrected chi connectivity index (χ1v) is 5.15. The Kier molecular flexibility index (Phi) is 1.50. The monoisotopic (exact) mass is 164 g/mol. The van der Waals surface area contributed by atoms with E-state index >= 15 is 0 Å². The molecule has 3 rings (SSSR count). The lowest BCUT2D eigenvalue weighted by Crippen LogP contribution is -2.55. The van der Waals surface area contributed by atoms with E-state index in [0.717, 1.165) is 23.7 Å². The molecule has 0 aromatic rings.